The first-order valence-corrected chi connectivity index (χ1v) is 8.89. The second-order valence-electron chi connectivity index (χ2n) is 6.67. The summed E-state index contributed by atoms with van der Waals surface area (Å²) >= 11 is 0. The van der Waals surface area contributed by atoms with Gasteiger partial charge in [0.05, 0.1) is 19.1 Å². The Bertz CT molecular complexity index is 1160. The summed E-state index contributed by atoms with van der Waals surface area (Å²) < 4.78 is 9.33. The SMILES string of the molecule is COc1ccc(C)cc1NC(=O)CCCn1cnc2c1c(=O)n(C)c(=O)n2C. The second-order valence-corrected chi connectivity index (χ2v) is 6.67. The van der Waals surface area contributed by atoms with Gasteiger partial charge >= 0.3 is 5.69 Å². The van der Waals surface area contributed by atoms with Crippen molar-refractivity contribution in [3.8, 4) is 5.75 Å². The second kappa shape index (κ2) is 7.71. The molecule has 0 fully saturated rings. The number of rotatable bonds is 6. The molecule has 9 heteroatoms. The molecule has 0 saturated carbocycles. The minimum atomic E-state index is -0.422. The van der Waals surface area contributed by atoms with Crippen LogP contribution in [0.2, 0.25) is 0 Å². The van der Waals surface area contributed by atoms with Gasteiger partial charge in [0.2, 0.25) is 5.91 Å². The van der Waals surface area contributed by atoms with Gasteiger partial charge in [-0.05, 0) is 31.0 Å². The Morgan fingerprint density at radius 3 is 2.68 bits per heavy atom. The normalized spacial score (nSPS) is 11.0. The van der Waals surface area contributed by atoms with Crippen molar-refractivity contribution in [1.29, 1.82) is 0 Å². The topological polar surface area (TPSA) is 100 Å². The van der Waals surface area contributed by atoms with Crippen LogP contribution in [-0.4, -0.2) is 31.7 Å². The number of hydrogen-bond acceptors (Lipinski definition) is 5. The zero-order valence-electron chi connectivity index (χ0n) is 16.4. The number of aryl methyl sites for hydroxylation is 3. The number of carbonyl (C=O) groups is 1. The van der Waals surface area contributed by atoms with E-state index in [0.717, 1.165) is 10.1 Å². The smallest absolute Gasteiger partial charge is 0.332 e. The van der Waals surface area contributed by atoms with Gasteiger partial charge in [0.1, 0.15) is 5.75 Å². The molecular formula is C19H23N5O4. The van der Waals surface area contributed by atoms with Crippen molar-refractivity contribution in [2.45, 2.75) is 26.3 Å². The van der Waals surface area contributed by atoms with E-state index < -0.39 is 11.2 Å². The standard InChI is InChI=1S/C19H23N5O4/c1-12-7-8-14(28-4)13(10-12)21-15(25)6-5-9-24-11-20-17-16(24)18(26)23(3)19(27)22(17)2/h7-8,10-11H,5-6,9H2,1-4H3,(H,21,25). The van der Waals surface area contributed by atoms with Crippen LogP contribution < -0.4 is 21.3 Å². The van der Waals surface area contributed by atoms with Crippen LogP contribution in [0.25, 0.3) is 11.2 Å². The molecule has 2 heterocycles. The molecule has 0 atom stereocenters. The highest BCUT2D eigenvalue weighted by Crippen LogP contribution is 2.25. The molecule has 1 amide bonds. The summed E-state index contributed by atoms with van der Waals surface area (Å²) in [5.41, 5.74) is 1.51. The highest BCUT2D eigenvalue weighted by atomic mass is 16.5. The van der Waals surface area contributed by atoms with Crippen LogP contribution in [0.5, 0.6) is 5.75 Å². The number of aromatic nitrogens is 4. The van der Waals surface area contributed by atoms with Crippen LogP contribution in [0.1, 0.15) is 18.4 Å². The molecule has 3 aromatic rings. The van der Waals surface area contributed by atoms with Gasteiger partial charge in [-0.1, -0.05) is 6.07 Å². The van der Waals surface area contributed by atoms with Crippen molar-refractivity contribution >= 4 is 22.8 Å². The summed E-state index contributed by atoms with van der Waals surface area (Å²) in [5, 5.41) is 2.86. The molecule has 2 aromatic heterocycles. The fraction of sp³-hybridized carbons (Fsp3) is 0.368. The van der Waals surface area contributed by atoms with Gasteiger partial charge in [-0.3, -0.25) is 18.7 Å². The van der Waals surface area contributed by atoms with E-state index in [-0.39, 0.29) is 12.3 Å². The van der Waals surface area contributed by atoms with E-state index in [1.807, 2.05) is 25.1 Å². The number of benzene rings is 1. The average Bonchev–Trinajstić information content (AvgIpc) is 3.09. The lowest BCUT2D eigenvalue weighted by Gasteiger charge is -2.11. The lowest BCUT2D eigenvalue weighted by molar-refractivity contribution is -0.116. The number of nitrogens with zero attached hydrogens (tertiary/aromatic N) is 4. The average molecular weight is 385 g/mol. The van der Waals surface area contributed by atoms with Crippen LogP contribution in [0.15, 0.2) is 34.1 Å². The Balaban J connectivity index is 1.71. The summed E-state index contributed by atoms with van der Waals surface area (Å²) in [6.07, 6.45) is 2.30. The molecule has 0 aliphatic heterocycles. The maximum atomic E-state index is 12.4. The van der Waals surface area contributed by atoms with E-state index >= 15 is 0 Å². The van der Waals surface area contributed by atoms with Crippen LogP contribution in [-0.2, 0) is 25.4 Å². The van der Waals surface area contributed by atoms with Crippen LogP contribution in [0, 0.1) is 6.92 Å². The maximum absolute atomic E-state index is 12.4. The first-order chi connectivity index (χ1) is 13.3. The largest absolute Gasteiger partial charge is 0.495 e. The Morgan fingerprint density at radius 2 is 1.96 bits per heavy atom. The molecule has 0 bridgehead atoms. The minimum absolute atomic E-state index is 0.145. The number of fused-ring (bicyclic) bond motifs is 1. The summed E-state index contributed by atoms with van der Waals surface area (Å²) in [7, 11) is 4.56. The number of methoxy groups -OCH3 is 1. The van der Waals surface area contributed by atoms with Gasteiger partial charge in [-0.15, -0.1) is 0 Å². The number of amides is 1. The number of ether oxygens (including phenoxy) is 1. The van der Waals surface area contributed by atoms with Gasteiger partial charge in [-0.25, -0.2) is 9.78 Å². The number of imidazole rings is 1. The van der Waals surface area contributed by atoms with Crippen LogP contribution >= 0.6 is 0 Å². The predicted octanol–water partition coefficient (Wildman–Crippen LogP) is 1.17. The first-order valence-electron chi connectivity index (χ1n) is 8.89. The number of carbonyl (C=O) groups excluding carboxylic acids is 1. The molecule has 0 unspecified atom stereocenters. The van der Waals surface area contributed by atoms with Crippen molar-refractivity contribution in [1.82, 2.24) is 18.7 Å². The first kappa shape index (κ1) is 19.4. The highest BCUT2D eigenvalue weighted by Gasteiger charge is 2.14. The molecule has 1 N–H and O–H groups in total. The number of hydrogen-bond donors (Lipinski definition) is 1. The molecule has 0 radical (unpaired) electrons. The Morgan fingerprint density at radius 1 is 1.21 bits per heavy atom. The molecule has 1 aromatic carbocycles. The van der Waals surface area contributed by atoms with Gasteiger partial charge in [-0.2, -0.15) is 0 Å². The van der Waals surface area contributed by atoms with Gasteiger partial charge < -0.3 is 14.6 Å². The molecule has 148 valence electrons. The minimum Gasteiger partial charge on any atom is -0.495 e. The molecule has 0 spiro atoms. The van der Waals surface area contributed by atoms with E-state index in [2.05, 4.69) is 10.3 Å². The van der Waals surface area contributed by atoms with Crippen molar-refractivity contribution in [2.75, 3.05) is 12.4 Å². The summed E-state index contributed by atoms with van der Waals surface area (Å²) in [6.45, 7) is 2.37. The van der Waals surface area contributed by atoms with Crippen molar-refractivity contribution in [3.63, 3.8) is 0 Å². The molecule has 0 aliphatic carbocycles. The fourth-order valence-electron chi connectivity index (χ4n) is 3.11. The predicted molar refractivity (Wildman–Crippen MR) is 106 cm³/mol. The van der Waals surface area contributed by atoms with E-state index in [1.165, 1.54) is 17.9 Å². The van der Waals surface area contributed by atoms with Gasteiger partial charge in [0, 0.05) is 27.1 Å². The third-order valence-electron chi connectivity index (χ3n) is 4.65. The van der Waals surface area contributed by atoms with E-state index in [4.69, 9.17) is 4.74 Å². The monoisotopic (exact) mass is 385 g/mol. The number of nitrogens with one attached hydrogen (secondary N) is 1. The zero-order chi connectivity index (χ0) is 20.4. The summed E-state index contributed by atoms with van der Waals surface area (Å²) in [5.74, 6) is 0.456. The number of anilines is 1. The van der Waals surface area contributed by atoms with Gasteiger partial charge in [0.25, 0.3) is 5.56 Å². The third kappa shape index (κ3) is 3.55. The third-order valence-corrected chi connectivity index (χ3v) is 4.65. The fourth-order valence-corrected chi connectivity index (χ4v) is 3.11. The van der Waals surface area contributed by atoms with Gasteiger partial charge in [0.15, 0.2) is 11.2 Å². The quantitative estimate of drug-likeness (QED) is 0.687. The molecule has 3 rings (SSSR count). The highest BCUT2D eigenvalue weighted by molar-refractivity contribution is 5.92. The van der Waals surface area contributed by atoms with E-state index in [1.54, 1.807) is 18.7 Å². The lowest BCUT2D eigenvalue weighted by atomic mass is 10.2. The molecule has 28 heavy (non-hydrogen) atoms. The summed E-state index contributed by atoms with van der Waals surface area (Å²) in [6, 6.07) is 5.57. The Hall–Kier alpha value is -3.36. The maximum Gasteiger partial charge on any atom is 0.332 e. The Kier molecular flexibility index (Phi) is 5.34. The van der Waals surface area contributed by atoms with E-state index in [0.29, 0.717) is 35.6 Å². The van der Waals surface area contributed by atoms with Crippen molar-refractivity contribution in [3.05, 3.63) is 50.9 Å². The zero-order valence-corrected chi connectivity index (χ0v) is 16.4. The molecule has 0 saturated heterocycles. The van der Waals surface area contributed by atoms with Crippen LogP contribution in [0.4, 0.5) is 5.69 Å². The van der Waals surface area contributed by atoms with E-state index in [9.17, 15) is 14.4 Å². The van der Waals surface area contributed by atoms with Crippen molar-refractivity contribution in [2.24, 2.45) is 14.1 Å². The van der Waals surface area contributed by atoms with Crippen molar-refractivity contribution < 1.29 is 9.53 Å². The van der Waals surface area contributed by atoms with Crippen LogP contribution in [0.3, 0.4) is 0 Å². The summed E-state index contributed by atoms with van der Waals surface area (Å²) in [4.78, 5) is 40.9. The Labute approximate surface area is 161 Å². The molecule has 0 aliphatic rings. The molecule has 9 nitrogen and oxygen atoms in total. The lowest BCUT2D eigenvalue weighted by Crippen LogP contribution is -2.37. The molecular weight excluding hydrogens is 362 g/mol.